The van der Waals surface area contributed by atoms with Crippen molar-refractivity contribution in [2.24, 2.45) is 0 Å². The molecule has 1 saturated heterocycles. The van der Waals surface area contributed by atoms with Gasteiger partial charge in [-0.25, -0.2) is 4.79 Å². The highest BCUT2D eigenvalue weighted by atomic mass is 35.5. The molecule has 0 N–H and O–H groups in total. The number of hydrogen-bond donors (Lipinski definition) is 0. The van der Waals surface area contributed by atoms with Gasteiger partial charge in [-0.05, 0) is 29.3 Å². The first-order valence-electron chi connectivity index (χ1n) is 5.11. The summed E-state index contributed by atoms with van der Waals surface area (Å²) in [6.45, 7) is 0.534. The highest BCUT2D eigenvalue weighted by Crippen LogP contribution is 2.28. The minimum atomic E-state index is -0.314. The summed E-state index contributed by atoms with van der Waals surface area (Å²) in [6, 6.07) is 5.45. The SMILES string of the molecule is CN1CC(c2ccc3nc(Cl)oc3c2)OC1=O. The number of hydrogen-bond acceptors (Lipinski definition) is 4. The Labute approximate surface area is 102 Å². The van der Waals surface area contributed by atoms with E-state index in [9.17, 15) is 4.79 Å². The van der Waals surface area contributed by atoms with Gasteiger partial charge in [-0.3, -0.25) is 0 Å². The second-order valence-electron chi connectivity index (χ2n) is 3.95. The molecule has 0 spiro atoms. The molecule has 2 heterocycles. The maximum Gasteiger partial charge on any atom is 0.410 e. The number of ether oxygens (including phenoxy) is 1. The molecule has 1 aromatic carbocycles. The number of carbonyl (C=O) groups is 1. The summed E-state index contributed by atoms with van der Waals surface area (Å²) in [6.07, 6.45) is -0.577. The average molecular weight is 253 g/mol. The fourth-order valence-corrected chi connectivity index (χ4v) is 2.03. The van der Waals surface area contributed by atoms with Crippen LogP contribution in [0.15, 0.2) is 22.6 Å². The van der Waals surface area contributed by atoms with E-state index in [4.69, 9.17) is 20.8 Å². The predicted octanol–water partition coefficient (Wildman–Crippen LogP) is 2.60. The summed E-state index contributed by atoms with van der Waals surface area (Å²) < 4.78 is 10.4. The van der Waals surface area contributed by atoms with Crippen molar-refractivity contribution in [3.63, 3.8) is 0 Å². The van der Waals surface area contributed by atoms with Crippen molar-refractivity contribution in [2.75, 3.05) is 13.6 Å². The van der Waals surface area contributed by atoms with Gasteiger partial charge in [0.1, 0.15) is 11.6 Å². The smallest absolute Gasteiger partial charge is 0.410 e. The Morgan fingerprint density at radius 2 is 2.35 bits per heavy atom. The first-order valence-corrected chi connectivity index (χ1v) is 5.49. The lowest BCUT2D eigenvalue weighted by Crippen LogP contribution is -2.17. The van der Waals surface area contributed by atoms with E-state index >= 15 is 0 Å². The molecule has 5 nitrogen and oxygen atoms in total. The molecule has 17 heavy (non-hydrogen) atoms. The van der Waals surface area contributed by atoms with Gasteiger partial charge in [0.15, 0.2) is 5.58 Å². The minimum Gasteiger partial charge on any atom is -0.439 e. The van der Waals surface area contributed by atoms with Gasteiger partial charge in [0.05, 0.1) is 6.54 Å². The summed E-state index contributed by atoms with van der Waals surface area (Å²) >= 11 is 5.67. The molecule has 0 radical (unpaired) electrons. The number of rotatable bonds is 1. The summed E-state index contributed by atoms with van der Waals surface area (Å²) in [5.74, 6) is 0. The topological polar surface area (TPSA) is 55.6 Å². The van der Waals surface area contributed by atoms with Crippen LogP contribution in [0.4, 0.5) is 4.79 Å². The fraction of sp³-hybridized carbons (Fsp3) is 0.273. The van der Waals surface area contributed by atoms with Crippen LogP contribution in [0, 0.1) is 0 Å². The number of amides is 1. The van der Waals surface area contributed by atoms with Crippen LogP contribution in [-0.4, -0.2) is 29.6 Å². The zero-order valence-electron chi connectivity index (χ0n) is 9.01. The van der Waals surface area contributed by atoms with Crippen LogP contribution in [0.2, 0.25) is 5.35 Å². The van der Waals surface area contributed by atoms with E-state index in [2.05, 4.69) is 4.98 Å². The van der Waals surface area contributed by atoms with Crippen LogP contribution in [0.5, 0.6) is 0 Å². The Kier molecular flexibility index (Phi) is 2.22. The molecule has 1 aliphatic heterocycles. The second-order valence-corrected chi connectivity index (χ2v) is 4.27. The number of cyclic esters (lactones) is 1. The quantitative estimate of drug-likeness (QED) is 0.783. The van der Waals surface area contributed by atoms with Crippen molar-refractivity contribution in [3.8, 4) is 0 Å². The van der Waals surface area contributed by atoms with E-state index in [-0.39, 0.29) is 17.5 Å². The van der Waals surface area contributed by atoms with Crippen molar-refractivity contribution in [3.05, 3.63) is 29.1 Å². The van der Waals surface area contributed by atoms with Crippen molar-refractivity contribution in [1.29, 1.82) is 0 Å². The van der Waals surface area contributed by atoms with E-state index < -0.39 is 0 Å². The number of carbonyl (C=O) groups excluding carboxylic acids is 1. The number of nitrogens with zero attached hydrogens (tertiary/aromatic N) is 2. The van der Waals surface area contributed by atoms with Crippen LogP contribution < -0.4 is 0 Å². The van der Waals surface area contributed by atoms with Crippen molar-refractivity contribution in [2.45, 2.75) is 6.10 Å². The van der Waals surface area contributed by atoms with Gasteiger partial charge in [0, 0.05) is 7.05 Å². The molecular formula is C11H9ClN2O3. The van der Waals surface area contributed by atoms with Gasteiger partial charge in [0.25, 0.3) is 5.35 Å². The molecule has 1 amide bonds. The Hall–Kier alpha value is -1.75. The molecule has 1 atom stereocenters. The zero-order chi connectivity index (χ0) is 12.0. The molecule has 1 unspecified atom stereocenters. The van der Waals surface area contributed by atoms with Crippen molar-refractivity contribution < 1.29 is 13.9 Å². The third kappa shape index (κ3) is 1.72. The molecule has 6 heteroatoms. The largest absolute Gasteiger partial charge is 0.439 e. The van der Waals surface area contributed by atoms with Crippen LogP contribution in [-0.2, 0) is 4.74 Å². The number of halogens is 1. The summed E-state index contributed by atoms with van der Waals surface area (Å²) in [7, 11) is 1.70. The predicted molar refractivity (Wildman–Crippen MR) is 60.9 cm³/mol. The van der Waals surface area contributed by atoms with Crippen LogP contribution in [0.25, 0.3) is 11.1 Å². The molecule has 1 aliphatic rings. The molecule has 0 aliphatic carbocycles. The normalized spacial score (nSPS) is 20.0. The van der Waals surface area contributed by atoms with Gasteiger partial charge < -0.3 is 14.1 Å². The number of likely N-dealkylation sites (N-methyl/N-ethyl adjacent to an activating group) is 1. The number of oxazole rings is 1. The monoisotopic (exact) mass is 252 g/mol. The number of fused-ring (bicyclic) bond motifs is 1. The number of benzene rings is 1. The molecule has 2 aromatic rings. The molecule has 1 aromatic heterocycles. The third-order valence-corrected chi connectivity index (χ3v) is 2.91. The van der Waals surface area contributed by atoms with E-state index in [1.165, 1.54) is 4.90 Å². The van der Waals surface area contributed by atoms with Crippen LogP contribution >= 0.6 is 11.6 Å². The van der Waals surface area contributed by atoms with Gasteiger partial charge >= 0.3 is 6.09 Å². The van der Waals surface area contributed by atoms with Crippen LogP contribution in [0.1, 0.15) is 11.7 Å². The lowest BCUT2D eigenvalue weighted by atomic mass is 10.1. The highest BCUT2D eigenvalue weighted by Gasteiger charge is 2.29. The Morgan fingerprint density at radius 3 is 3.06 bits per heavy atom. The van der Waals surface area contributed by atoms with Crippen molar-refractivity contribution in [1.82, 2.24) is 9.88 Å². The lowest BCUT2D eigenvalue weighted by molar-refractivity contribution is 0.135. The van der Waals surface area contributed by atoms with Crippen molar-refractivity contribution >= 4 is 28.8 Å². The Morgan fingerprint density at radius 1 is 1.53 bits per heavy atom. The Balaban J connectivity index is 1.98. The molecular weight excluding hydrogens is 244 g/mol. The summed E-state index contributed by atoms with van der Waals surface area (Å²) in [5, 5.41) is 0.109. The van der Waals surface area contributed by atoms with Gasteiger partial charge in [-0.15, -0.1) is 0 Å². The molecule has 1 fully saturated rings. The van der Waals surface area contributed by atoms with E-state index in [1.807, 2.05) is 6.07 Å². The number of aromatic nitrogens is 1. The fourth-order valence-electron chi connectivity index (χ4n) is 1.86. The van der Waals surface area contributed by atoms with E-state index in [0.717, 1.165) is 5.56 Å². The van der Waals surface area contributed by atoms with E-state index in [0.29, 0.717) is 17.6 Å². The molecule has 0 bridgehead atoms. The zero-order valence-corrected chi connectivity index (χ0v) is 9.77. The molecule has 88 valence electrons. The van der Waals surface area contributed by atoms with Gasteiger partial charge in [-0.1, -0.05) is 6.07 Å². The standard InChI is InChI=1S/C11H9ClN2O3/c1-14-5-9(17-11(14)15)6-2-3-7-8(4-6)16-10(12)13-7/h2-4,9H,5H2,1H3. The summed E-state index contributed by atoms with van der Waals surface area (Å²) in [4.78, 5) is 16.8. The minimum absolute atomic E-state index is 0.109. The first kappa shape index (κ1) is 10.4. The van der Waals surface area contributed by atoms with E-state index in [1.54, 1.807) is 19.2 Å². The summed E-state index contributed by atoms with van der Waals surface area (Å²) in [5.41, 5.74) is 2.16. The molecule has 3 rings (SSSR count). The molecule has 0 saturated carbocycles. The lowest BCUT2D eigenvalue weighted by Gasteiger charge is -2.07. The van der Waals surface area contributed by atoms with Gasteiger partial charge in [-0.2, -0.15) is 4.98 Å². The maximum atomic E-state index is 11.3. The van der Waals surface area contributed by atoms with Crippen LogP contribution in [0.3, 0.4) is 0 Å². The van der Waals surface area contributed by atoms with Gasteiger partial charge in [0.2, 0.25) is 0 Å². The average Bonchev–Trinajstić information content (AvgIpc) is 2.80. The Bertz CT molecular complexity index is 595. The third-order valence-electron chi connectivity index (χ3n) is 2.75. The highest BCUT2D eigenvalue weighted by molar-refractivity contribution is 6.28. The second kappa shape index (κ2) is 3.63. The first-order chi connectivity index (χ1) is 8.13. The maximum absolute atomic E-state index is 11.3.